The first-order valence-corrected chi connectivity index (χ1v) is 6.43. The number of ether oxygens (including phenoxy) is 1. The van der Waals surface area contributed by atoms with Crippen LogP contribution in [0.5, 0.6) is 11.5 Å². The Morgan fingerprint density at radius 3 is 2.20 bits per heavy atom. The third-order valence-electron chi connectivity index (χ3n) is 2.99. The molecule has 3 heteroatoms. The molecule has 0 aliphatic heterocycles. The summed E-state index contributed by atoms with van der Waals surface area (Å²) in [6, 6.07) is 11.6. The van der Waals surface area contributed by atoms with Crippen molar-refractivity contribution in [3.63, 3.8) is 0 Å². The maximum atomic E-state index is 13.3. The van der Waals surface area contributed by atoms with Gasteiger partial charge in [-0.05, 0) is 35.2 Å². The number of halogens is 1. The van der Waals surface area contributed by atoms with Gasteiger partial charge < -0.3 is 4.74 Å². The van der Waals surface area contributed by atoms with Gasteiger partial charge in [0.15, 0.2) is 0 Å². The Hall–Kier alpha value is -2.16. The summed E-state index contributed by atoms with van der Waals surface area (Å²) in [6.07, 6.45) is 0.596. The van der Waals surface area contributed by atoms with E-state index in [1.54, 1.807) is 0 Å². The summed E-state index contributed by atoms with van der Waals surface area (Å²) < 4.78 is 18.9. The molecule has 2 aromatic rings. The van der Waals surface area contributed by atoms with E-state index in [1.807, 2.05) is 24.3 Å². The third-order valence-corrected chi connectivity index (χ3v) is 2.99. The van der Waals surface area contributed by atoms with Gasteiger partial charge in [0.1, 0.15) is 23.6 Å². The zero-order chi connectivity index (χ0) is 14.8. The largest absolute Gasteiger partial charge is 0.457 e. The normalized spacial score (nSPS) is 11.2. The summed E-state index contributed by atoms with van der Waals surface area (Å²) in [5, 5.41) is 0. The Bertz CT molecular complexity index is 610. The second-order valence-electron chi connectivity index (χ2n) is 5.71. The van der Waals surface area contributed by atoms with Crippen molar-refractivity contribution < 1.29 is 13.9 Å². The molecule has 0 radical (unpaired) electrons. The molecule has 0 aliphatic rings. The molecule has 0 saturated carbocycles. The van der Waals surface area contributed by atoms with E-state index in [0.29, 0.717) is 17.8 Å². The topological polar surface area (TPSA) is 26.3 Å². The monoisotopic (exact) mass is 272 g/mol. The van der Waals surface area contributed by atoms with Gasteiger partial charge in [-0.1, -0.05) is 32.9 Å². The maximum absolute atomic E-state index is 13.3. The predicted molar refractivity (Wildman–Crippen MR) is 77.0 cm³/mol. The van der Waals surface area contributed by atoms with Crippen molar-refractivity contribution in [2.45, 2.75) is 26.2 Å². The van der Waals surface area contributed by atoms with Crippen molar-refractivity contribution in [3.8, 4) is 11.5 Å². The molecule has 2 nitrogen and oxygen atoms in total. The summed E-state index contributed by atoms with van der Waals surface area (Å²) in [4.78, 5) is 10.7. The van der Waals surface area contributed by atoms with Gasteiger partial charge in [0.25, 0.3) is 0 Å². The van der Waals surface area contributed by atoms with Crippen LogP contribution in [-0.2, 0) is 5.41 Å². The van der Waals surface area contributed by atoms with E-state index in [4.69, 9.17) is 4.74 Å². The Kier molecular flexibility index (Phi) is 3.89. The number of hydrogen-bond acceptors (Lipinski definition) is 2. The standard InChI is InChI=1S/C17H17FO2/c1-17(2,3)13-4-6-15(7-5-13)20-16-9-12(11-19)8-14(18)10-16/h4-11H,1-3H3. The molecule has 104 valence electrons. The van der Waals surface area contributed by atoms with E-state index in [9.17, 15) is 9.18 Å². The van der Waals surface area contributed by atoms with Crippen LogP contribution < -0.4 is 4.74 Å². The molecule has 0 saturated heterocycles. The average molecular weight is 272 g/mol. The van der Waals surface area contributed by atoms with Crippen LogP contribution in [0.25, 0.3) is 0 Å². The van der Waals surface area contributed by atoms with E-state index in [-0.39, 0.29) is 11.0 Å². The number of rotatable bonds is 3. The van der Waals surface area contributed by atoms with Crippen LogP contribution in [0.3, 0.4) is 0 Å². The van der Waals surface area contributed by atoms with Gasteiger partial charge in [-0.2, -0.15) is 0 Å². The lowest BCUT2D eigenvalue weighted by Gasteiger charge is -2.19. The second kappa shape index (κ2) is 5.45. The number of benzene rings is 2. The molecule has 0 amide bonds. The van der Waals surface area contributed by atoms with Crippen molar-refractivity contribution >= 4 is 6.29 Å². The molecule has 0 N–H and O–H groups in total. The lowest BCUT2D eigenvalue weighted by atomic mass is 9.87. The van der Waals surface area contributed by atoms with Crippen LogP contribution in [0.15, 0.2) is 42.5 Å². The van der Waals surface area contributed by atoms with Gasteiger partial charge in [-0.3, -0.25) is 4.79 Å². The summed E-state index contributed by atoms with van der Waals surface area (Å²) in [5.41, 5.74) is 1.52. The first-order chi connectivity index (χ1) is 9.38. The van der Waals surface area contributed by atoms with Crippen molar-refractivity contribution in [3.05, 3.63) is 59.4 Å². The molecule has 0 aliphatic carbocycles. The van der Waals surface area contributed by atoms with Crippen LogP contribution in [0.1, 0.15) is 36.7 Å². The van der Waals surface area contributed by atoms with Crippen molar-refractivity contribution in [2.24, 2.45) is 0 Å². The Balaban J connectivity index is 2.22. The highest BCUT2D eigenvalue weighted by molar-refractivity contribution is 5.75. The van der Waals surface area contributed by atoms with Crippen molar-refractivity contribution in [2.75, 3.05) is 0 Å². The maximum Gasteiger partial charge on any atom is 0.150 e. The Morgan fingerprint density at radius 2 is 1.65 bits per heavy atom. The first-order valence-electron chi connectivity index (χ1n) is 6.43. The zero-order valence-corrected chi connectivity index (χ0v) is 11.8. The van der Waals surface area contributed by atoms with Gasteiger partial charge in [0.2, 0.25) is 0 Å². The van der Waals surface area contributed by atoms with Crippen LogP contribution in [0.4, 0.5) is 4.39 Å². The smallest absolute Gasteiger partial charge is 0.150 e. The van der Waals surface area contributed by atoms with Crippen molar-refractivity contribution in [1.82, 2.24) is 0 Å². The fourth-order valence-electron chi connectivity index (χ4n) is 1.87. The fraction of sp³-hybridized carbons (Fsp3) is 0.235. The molecule has 0 bridgehead atoms. The summed E-state index contributed by atoms with van der Waals surface area (Å²) in [5.74, 6) is 0.437. The number of carbonyl (C=O) groups excluding carboxylic acids is 1. The minimum atomic E-state index is -0.490. The summed E-state index contributed by atoms with van der Waals surface area (Å²) in [6.45, 7) is 6.39. The molecule has 0 unspecified atom stereocenters. The quantitative estimate of drug-likeness (QED) is 0.755. The molecular weight excluding hydrogens is 255 g/mol. The zero-order valence-electron chi connectivity index (χ0n) is 11.8. The first kappa shape index (κ1) is 14.3. The highest BCUT2D eigenvalue weighted by Crippen LogP contribution is 2.27. The highest BCUT2D eigenvalue weighted by atomic mass is 19.1. The molecule has 2 rings (SSSR count). The number of aldehydes is 1. The molecule has 20 heavy (non-hydrogen) atoms. The predicted octanol–water partition coefficient (Wildman–Crippen LogP) is 4.73. The van der Waals surface area contributed by atoms with Crippen molar-refractivity contribution in [1.29, 1.82) is 0 Å². The van der Waals surface area contributed by atoms with Crippen LogP contribution in [0, 0.1) is 5.82 Å². The van der Waals surface area contributed by atoms with E-state index < -0.39 is 5.82 Å². The van der Waals surface area contributed by atoms with E-state index in [1.165, 1.54) is 23.8 Å². The highest BCUT2D eigenvalue weighted by Gasteiger charge is 2.13. The van der Waals surface area contributed by atoms with Crippen LogP contribution in [-0.4, -0.2) is 6.29 Å². The molecule has 0 aromatic heterocycles. The lowest BCUT2D eigenvalue weighted by molar-refractivity contribution is 0.112. The van der Waals surface area contributed by atoms with Gasteiger partial charge in [0.05, 0.1) is 0 Å². The van der Waals surface area contributed by atoms with Gasteiger partial charge in [-0.15, -0.1) is 0 Å². The molecule has 2 aromatic carbocycles. The van der Waals surface area contributed by atoms with Crippen LogP contribution >= 0.6 is 0 Å². The Labute approximate surface area is 118 Å². The number of hydrogen-bond donors (Lipinski definition) is 0. The minimum Gasteiger partial charge on any atom is -0.457 e. The fourth-order valence-corrected chi connectivity index (χ4v) is 1.87. The van der Waals surface area contributed by atoms with Gasteiger partial charge in [-0.25, -0.2) is 4.39 Å². The average Bonchev–Trinajstić information content (AvgIpc) is 2.37. The number of carbonyl (C=O) groups is 1. The molecule has 0 spiro atoms. The van der Waals surface area contributed by atoms with Crippen LogP contribution in [0.2, 0.25) is 0 Å². The molecule has 0 fully saturated rings. The van der Waals surface area contributed by atoms with Gasteiger partial charge in [0, 0.05) is 11.6 Å². The van der Waals surface area contributed by atoms with E-state index in [0.717, 1.165) is 0 Å². The molecule has 0 heterocycles. The van der Waals surface area contributed by atoms with Gasteiger partial charge >= 0.3 is 0 Å². The summed E-state index contributed by atoms with van der Waals surface area (Å²) >= 11 is 0. The molecule has 0 atom stereocenters. The lowest BCUT2D eigenvalue weighted by Crippen LogP contribution is -2.10. The molecular formula is C17H17FO2. The second-order valence-corrected chi connectivity index (χ2v) is 5.71. The van der Waals surface area contributed by atoms with E-state index >= 15 is 0 Å². The van der Waals surface area contributed by atoms with E-state index in [2.05, 4.69) is 20.8 Å². The SMILES string of the molecule is CC(C)(C)c1ccc(Oc2cc(F)cc(C=O)c2)cc1. The third kappa shape index (κ3) is 3.44. The Morgan fingerprint density at radius 1 is 1.00 bits per heavy atom. The summed E-state index contributed by atoms with van der Waals surface area (Å²) in [7, 11) is 0. The minimum absolute atomic E-state index is 0.0715.